The summed E-state index contributed by atoms with van der Waals surface area (Å²) in [7, 11) is 0. The summed E-state index contributed by atoms with van der Waals surface area (Å²) in [4.78, 5) is 4.72. The van der Waals surface area contributed by atoms with E-state index >= 15 is 0 Å². The van der Waals surface area contributed by atoms with Crippen molar-refractivity contribution in [2.45, 2.75) is 52.9 Å². The molecule has 0 amide bonds. The van der Waals surface area contributed by atoms with Gasteiger partial charge in [-0.25, -0.2) is 0 Å². The molecule has 0 spiro atoms. The van der Waals surface area contributed by atoms with E-state index in [1.165, 1.54) is 41.2 Å². The van der Waals surface area contributed by atoms with Gasteiger partial charge in [0, 0.05) is 17.1 Å². The van der Waals surface area contributed by atoms with Crippen LogP contribution in [-0.2, 0) is 0 Å². The van der Waals surface area contributed by atoms with Crippen LogP contribution in [0.3, 0.4) is 0 Å². The average Bonchev–Trinajstić information content (AvgIpc) is 2.59. The number of pyridine rings is 1. The summed E-state index contributed by atoms with van der Waals surface area (Å²) < 4.78 is 0. The maximum atomic E-state index is 4.72. The lowest BCUT2D eigenvalue weighted by molar-refractivity contribution is 0.0969. The fraction of sp³-hybridized carbons (Fsp3) is 0.400. The van der Waals surface area contributed by atoms with Gasteiger partial charge in [0.2, 0.25) is 0 Å². The van der Waals surface area contributed by atoms with E-state index in [0.29, 0.717) is 16.7 Å². The van der Waals surface area contributed by atoms with E-state index in [1.807, 2.05) is 6.20 Å². The summed E-state index contributed by atoms with van der Waals surface area (Å²) in [6.45, 7) is 9.72. The van der Waals surface area contributed by atoms with Crippen molar-refractivity contribution < 1.29 is 0 Å². The SMILES string of the molecule is CC1(C)CC(c2ccc3ccnc(-c4ccccc4)c3c2)CC(C)(C)C1. The van der Waals surface area contributed by atoms with Crippen molar-refractivity contribution in [1.29, 1.82) is 0 Å². The summed E-state index contributed by atoms with van der Waals surface area (Å²) >= 11 is 0. The molecular weight excluding hydrogens is 314 g/mol. The largest absolute Gasteiger partial charge is 0.256 e. The lowest BCUT2D eigenvalue weighted by Crippen LogP contribution is -2.32. The van der Waals surface area contributed by atoms with Crippen LogP contribution in [0.5, 0.6) is 0 Å². The minimum absolute atomic E-state index is 0.401. The molecular formula is C25H29N. The molecule has 0 saturated heterocycles. The van der Waals surface area contributed by atoms with Gasteiger partial charge in [-0.1, -0.05) is 70.2 Å². The number of aromatic nitrogens is 1. The van der Waals surface area contributed by atoms with Crippen molar-refractivity contribution in [1.82, 2.24) is 4.98 Å². The first-order valence-electron chi connectivity index (χ1n) is 9.77. The van der Waals surface area contributed by atoms with Crippen molar-refractivity contribution in [3.63, 3.8) is 0 Å². The molecule has 2 aromatic carbocycles. The van der Waals surface area contributed by atoms with E-state index in [0.717, 1.165) is 5.69 Å². The van der Waals surface area contributed by atoms with Crippen LogP contribution in [0, 0.1) is 10.8 Å². The lowest BCUT2D eigenvalue weighted by atomic mass is 9.60. The number of nitrogens with zero attached hydrogens (tertiary/aromatic N) is 1. The molecule has 1 fully saturated rings. The molecule has 3 aromatic rings. The van der Waals surface area contributed by atoms with Gasteiger partial charge >= 0.3 is 0 Å². The first kappa shape index (κ1) is 17.3. The van der Waals surface area contributed by atoms with Crippen molar-refractivity contribution in [2.24, 2.45) is 10.8 Å². The summed E-state index contributed by atoms with van der Waals surface area (Å²) in [5.74, 6) is 0.627. The summed E-state index contributed by atoms with van der Waals surface area (Å²) in [6, 6.07) is 19.7. The zero-order chi connectivity index (χ0) is 18.4. The smallest absolute Gasteiger partial charge is 0.0780 e. The molecule has 0 atom stereocenters. The van der Waals surface area contributed by atoms with Gasteiger partial charge in [0.15, 0.2) is 0 Å². The maximum absolute atomic E-state index is 4.72. The second kappa shape index (κ2) is 6.23. The quantitative estimate of drug-likeness (QED) is 0.478. The van der Waals surface area contributed by atoms with Gasteiger partial charge in [-0.3, -0.25) is 4.98 Å². The van der Waals surface area contributed by atoms with Crippen LogP contribution >= 0.6 is 0 Å². The first-order valence-corrected chi connectivity index (χ1v) is 9.77. The number of hydrogen-bond donors (Lipinski definition) is 0. The van der Waals surface area contributed by atoms with Gasteiger partial charge < -0.3 is 0 Å². The highest BCUT2D eigenvalue weighted by atomic mass is 14.7. The summed E-state index contributed by atoms with van der Waals surface area (Å²) in [5.41, 5.74) is 4.57. The highest BCUT2D eigenvalue weighted by molar-refractivity contribution is 5.94. The monoisotopic (exact) mass is 343 g/mol. The van der Waals surface area contributed by atoms with E-state index < -0.39 is 0 Å². The zero-order valence-corrected chi connectivity index (χ0v) is 16.4. The molecule has 1 aromatic heterocycles. The minimum Gasteiger partial charge on any atom is -0.256 e. The second-order valence-corrected chi connectivity index (χ2v) is 9.62. The molecule has 1 aliphatic rings. The third-order valence-corrected chi connectivity index (χ3v) is 5.86. The fourth-order valence-corrected chi connectivity index (χ4v) is 5.35. The van der Waals surface area contributed by atoms with Gasteiger partial charge in [0.1, 0.15) is 0 Å². The molecule has 0 unspecified atom stereocenters. The lowest BCUT2D eigenvalue weighted by Gasteiger charge is -2.45. The van der Waals surface area contributed by atoms with Crippen LogP contribution in [0.1, 0.15) is 58.4 Å². The van der Waals surface area contributed by atoms with E-state index in [1.54, 1.807) is 0 Å². The van der Waals surface area contributed by atoms with Crippen molar-refractivity contribution >= 4 is 10.8 Å². The van der Waals surface area contributed by atoms with Gasteiger partial charge in [0.25, 0.3) is 0 Å². The topological polar surface area (TPSA) is 12.9 Å². The minimum atomic E-state index is 0.401. The fourth-order valence-electron chi connectivity index (χ4n) is 5.35. The molecule has 26 heavy (non-hydrogen) atoms. The van der Waals surface area contributed by atoms with Crippen LogP contribution in [0.25, 0.3) is 22.0 Å². The highest BCUT2D eigenvalue weighted by Gasteiger charge is 2.38. The number of rotatable bonds is 2. The van der Waals surface area contributed by atoms with Gasteiger partial charge in [-0.15, -0.1) is 0 Å². The van der Waals surface area contributed by atoms with Gasteiger partial charge in [-0.05, 0) is 59.1 Å². The maximum Gasteiger partial charge on any atom is 0.0780 e. The van der Waals surface area contributed by atoms with Crippen LogP contribution < -0.4 is 0 Å². The Morgan fingerprint density at radius 2 is 1.54 bits per heavy atom. The van der Waals surface area contributed by atoms with Crippen molar-refractivity contribution in [2.75, 3.05) is 0 Å². The predicted molar refractivity (Wildman–Crippen MR) is 111 cm³/mol. The van der Waals surface area contributed by atoms with E-state index in [4.69, 9.17) is 4.98 Å². The van der Waals surface area contributed by atoms with Gasteiger partial charge in [-0.2, -0.15) is 0 Å². The Kier molecular flexibility index (Phi) is 4.14. The molecule has 0 aliphatic heterocycles. The molecule has 4 rings (SSSR count). The Labute approximate surface area is 157 Å². The van der Waals surface area contributed by atoms with E-state index in [9.17, 15) is 0 Å². The highest BCUT2D eigenvalue weighted by Crippen LogP contribution is 2.52. The van der Waals surface area contributed by atoms with Crippen molar-refractivity contribution in [3.8, 4) is 11.3 Å². The molecule has 0 bridgehead atoms. The normalized spacial score (nSPS) is 19.5. The number of hydrogen-bond acceptors (Lipinski definition) is 1. The molecule has 134 valence electrons. The molecule has 1 heterocycles. The number of benzene rings is 2. The van der Waals surface area contributed by atoms with Crippen LogP contribution in [-0.4, -0.2) is 4.98 Å². The zero-order valence-electron chi connectivity index (χ0n) is 16.4. The Morgan fingerprint density at radius 1 is 0.846 bits per heavy atom. The molecule has 1 aliphatic carbocycles. The second-order valence-electron chi connectivity index (χ2n) is 9.62. The molecule has 1 nitrogen and oxygen atoms in total. The molecule has 0 N–H and O–H groups in total. The Balaban J connectivity index is 1.80. The molecule has 1 saturated carbocycles. The van der Waals surface area contributed by atoms with E-state index in [2.05, 4.69) is 82.3 Å². The summed E-state index contributed by atoms with van der Waals surface area (Å²) in [5, 5.41) is 2.55. The third-order valence-electron chi connectivity index (χ3n) is 5.86. The van der Waals surface area contributed by atoms with Crippen molar-refractivity contribution in [3.05, 3.63) is 66.4 Å². The number of fused-ring (bicyclic) bond motifs is 1. The average molecular weight is 344 g/mol. The summed E-state index contributed by atoms with van der Waals surface area (Å²) in [6.07, 6.45) is 5.77. The molecule has 0 radical (unpaired) electrons. The standard InChI is InChI=1S/C25H29N/c1-24(2)15-21(16-25(3,4)17-24)20-11-10-18-12-13-26-23(22(18)14-20)19-8-6-5-7-9-19/h5-14,21H,15-17H2,1-4H3. The van der Waals surface area contributed by atoms with Crippen LogP contribution in [0.15, 0.2) is 60.8 Å². The van der Waals surface area contributed by atoms with Crippen LogP contribution in [0.4, 0.5) is 0 Å². The van der Waals surface area contributed by atoms with E-state index in [-0.39, 0.29) is 0 Å². The van der Waals surface area contributed by atoms with Crippen LogP contribution in [0.2, 0.25) is 0 Å². The van der Waals surface area contributed by atoms with Gasteiger partial charge in [0.05, 0.1) is 5.69 Å². The predicted octanol–water partition coefficient (Wildman–Crippen LogP) is 7.22. The first-order chi connectivity index (χ1) is 12.3. The Hall–Kier alpha value is -2.15. The third kappa shape index (κ3) is 3.40. The Morgan fingerprint density at radius 3 is 2.23 bits per heavy atom. The molecule has 1 heteroatoms. The Bertz CT molecular complexity index is 905.